The fraction of sp³-hybridized carbons (Fsp3) is 0.167. The van der Waals surface area contributed by atoms with Crippen molar-refractivity contribution in [1.82, 2.24) is 5.32 Å². The fourth-order valence-electron chi connectivity index (χ4n) is 4.09. The molecule has 0 fully saturated rings. The lowest BCUT2D eigenvalue weighted by Crippen LogP contribution is -2.36. The molecule has 0 unspecified atom stereocenters. The van der Waals surface area contributed by atoms with E-state index in [1.807, 2.05) is 30.3 Å². The summed E-state index contributed by atoms with van der Waals surface area (Å²) < 4.78 is 0. The average Bonchev–Trinajstić information content (AvgIpc) is 2.85. The fourth-order valence-corrected chi connectivity index (χ4v) is 4.09. The number of carbonyl (C=O) groups is 1. The molecule has 1 N–H and O–H groups in total. The zero-order chi connectivity index (χ0) is 22.4. The Morgan fingerprint density at radius 2 is 1.09 bits per heavy atom. The molecule has 0 spiro atoms. The maximum atomic E-state index is 12.5. The molecule has 0 heterocycles. The standard InChI is InChI=1S/C30H29NO/c1-30(2,22-31-29(32)26-16-10-5-11-17-26)27-20-18-25(19-21-27)28(23-12-6-3-7-13-23)24-14-8-4-9-15-24/h3-21,28H,22H2,1-2H3,(H,31,32). The van der Waals surface area contributed by atoms with Crippen molar-refractivity contribution >= 4 is 5.91 Å². The number of rotatable bonds is 7. The lowest BCUT2D eigenvalue weighted by Gasteiger charge is -2.27. The second kappa shape index (κ2) is 9.65. The van der Waals surface area contributed by atoms with Crippen molar-refractivity contribution in [3.05, 3.63) is 143 Å². The summed E-state index contributed by atoms with van der Waals surface area (Å²) in [5.41, 5.74) is 5.52. The van der Waals surface area contributed by atoms with Gasteiger partial charge in [0.25, 0.3) is 5.91 Å². The Morgan fingerprint density at radius 1 is 0.656 bits per heavy atom. The van der Waals surface area contributed by atoms with Gasteiger partial charge in [-0.15, -0.1) is 0 Å². The van der Waals surface area contributed by atoms with Crippen LogP contribution in [-0.4, -0.2) is 12.5 Å². The molecule has 1 amide bonds. The zero-order valence-corrected chi connectivity index (χ0v) is 18.7. The van der Waals surface area contributed by atoms with Crippen LogP contribution in [0.1, 0.15) is 52.4 Å². The Labute approximate surface area is 191 Å². The molecule has 0 bridgehead atoms. The van der Waals surface area contributed by atoms with Crippen molar-refractivity contribution in [3.63, 3.8) is 0 Å². The van der Waals surface area contributed by atoms with Crippen LogP contribution in [0.3, 0.4) is 0 Å². The monoisotopic (exact) mass is 419 g/mol. The molecule has 0 aliphatic heterocycles. The van der Waals surface area contributed by atoms with Gasteiger partial charge in [0.2, 0.25) is 0 Å². The Kier molecular flexibility index (Phi) is 6.51. The minimum Gasteiger partial charge on any atom is -0.351 e. The number of nitrogens with one attached hydrogen (secondary N) is 1. The van der Waals surface area contributed by atoms with Gasteiger partial charge in [-0.05, 0) is 34.4 Å². The largest absolute Gasteiger partial charge is 0.351 e. The van der Waals surface area contributed by atoms with Gasteiger partial charge in [0.1, 0.15) is 0 Å². The molecule has 0 saturated carbocycles. The SMILES string of the molecule is CC(C)(CNC(=O)c1ccccc1)c1ccc(C(c2ccccc2)c2ccccc2)cc1. The molecular weight excluding hydrogens is 390 g/mol. The second-order valence-electron chi connectivity index (χ2n) is 8.81. The average molecular weight is 420 g/mol. The van der Waals surface area contributed by atoms with Gasteiger partial charge in [-0.1, -0.05) is 117 Å². The van der Waals surface area contributed by atoms with Crippen LogP contribution in [0.2, 0.25) is 0 Å². The first kappa shape index (κ1) is 21.6. The van der Waals surface area contributed by atoms with E-state index >= 15 is 0 Å². The summed E-state index contributed by atoms with van der Waals surface area (Å²) in [6.07, 6.45) is 0. The molecule has 2 nitrogen and oxygen atoms in total. The van der Waals surface area contributed by atoms with E-state index in [4.69, 9.17) is 0 Å². The van der Waals surface area contributed by atoms with Crippen molar-refractivity contribution in [3.8, 4) is 0 Å². The summed E-state index contributed by atoms with van der Waals surface area (Å²) in [6, 6.07) is 39.5. The highest BCUT2D eigenvalue weighted by Crippen LogP contribution is 2.33. The van der Waals surface area contributed by atoms with Crippen LogP contribution in [0.4, 0.5) is 0 Å². The molecule has 0 atom stereocenters. The normalized spacial score (nSPS) is 11.3. The summed E-state index contributed by atoms with van der Waals surface area (Å²) in [7, 11) is 0. The summed E-state index contributed by atoms with van der Waals surface area (Å²) in [6.45, 7) is 4.90. The van der Waals surface area contributed by atoms with Crippen molar-refractivity contribution in [2.24, 2.45) is 0 Å². The molecular formula is C30H29NO. The first-order valence-corrected chi connectivity index (χ1v) is 11.1. The van der Waals surface area contributed by atoms with Crippen LogP contribution in [-0.2, 0) is 5.41 Å². The van der Waals surface area contributed by atoms with Gasteiger partial charge in [0, 0.05) is 23.4 Å². The van der Waals surface area contributed by atoms with E-state index in [1.165, 1.54) is 22.3 Å². The molecule has 0 aliphatic carbocycles. The summed E-state index contributed by atoms with van der Waals surface area (Å²) in [5.74, 6) is 0.149. The molecule has 0 saturated heterocycles. The first-order valence-electron chi connectivity index (χ1n) is 11.1. The number of benzene rings is 4. The van der Waals surface area contributed by atoms with E-state index in [2.05, 4.69) is 104 Å². The molecule has 32 heavy (non-hydrogen) atoms. The smallest absolute Gasteiger partial charge is 0.251 e. The van der Waals surface area contributed by atoms with Gasteiger partial charge in [-0.25, -0.2) is 0 Å². The lowest BCUT2D eigenvalue weighted by molar-refractivity contribution is 0.0945. The van der Waals surface area contributed by atoms with E-state index in [1.54, 1.807) is 0 Å². The maximum absolute atomic E-state index is 12.5. The van der Waals surface area contributed by atoms with Crippen LogP contribution in [0.15, 0.2) is 115 Å². The number of hydrogen-bond acceptors (Lipinski definition) is 1. The number of hydrogen-bond donors (Lipinski definition) is 1. The van der Waals surface area contributed by atoms with Crippen LogP contribution >= 0.6 is 0 Å². The highest BCUT2D eigenvalue weighted by Gasteiger charge is 2.23. The predicted octanol–water partition coefficient (Wildman–Crippen LogP) is 6.57. The van der Waals surface area contributed by atoms with E-state index < -0.39 is 0 Å². The number of amides is 1. The third-order valence-electron chi connectivity index (χ3n) is 6.02. The quantitative estimate of drug-likeness (QED) is 0.337. The Morgan fingerprint density at radius 3 is 1.59 bits per heavy atom. The third kappa shape index (κ3) is 4.97. The Hall–Kier alpha value is -3.65. The van der Waals surface area contributed by atoms with Gasteiger partial charge in [0.05, 0.1) is 0 Å². The van der Waals surface area contributed by atoms with Gasteiger partial charge < -0.3 is 5.32 Å². The lowest BCUT2D eigenvalue weighted by atomic mass is 9.81. The van der Waals surface area contributed by atoms with Crippen molar-refractivity contribution in [1.29, 1.82) is 0 Å². The van der Waals surface area contributed by atoms with Crippen molar-refractivity contribution < 1.29 is 4.79 Å². The molecule has 2 heteroatoms. The highest BCUT2D eigenvalue weighted by molar-refractivity contribution is 5.94. The van der Waals surface area contributed by atoms with Crippen molar-refractivity contribution in [2.75, 3.05) is 6.54 Å². The first-order chi connectivity index (χ1) is 15.5. The maximum Gasteiger partial charge on any atom is 0.251 e. The molecule has 0 aliphatic rings. The van der Waals surface area contributed by atoms with Crippen LogP contribution in [0.25, 0.3) is 0 Å². The summed E-state index contributed by atoms with van der Waals surface area (Å²) in [4.78, 5) is 12.5. The molecule has 0 aromatic heterocycles. The Bertz CT molecular complexity index is 1090. The molecule has 4 aromatic rings. The highest BCUT2D eigenvalue weighted by atomic mass is 16.1. The molecule has 4 rings (SSSR count). The van der Waals surface area contributed by atoms with Crippen LogP contribution in [0, 0.1) is 0 Å². The van der Waals surface area contributed by atoms with E-state index in [0.29, 0.717) is 12.1 Å². The van der Waals surface area contributed by atoms with Gasteiger partial charge in [0.15, 0.2) is 0 Å². The van der Waals surface area contributed by atoms with Crippen LogP contribution < -0.4 is 5.32 Å². The molecule has 4 aromatic carbocycles. The third-order valence-corrected chi connectivity index (χ3v) is 6.02. The Balaban J connectivity index is 1.54. The molecule has 0 radical (unpaired) electrons. The summed E-state index contributed by atoms with van der Waals surface area (Å²) in [5, 5.41) is 3.09. The minimum absolute atomic E-state index is 0.0384. The van der Waals surface area contributed by atoms with E-state index in [0.717, 1.165) is 0 Å². The van der Waals surface area contributed by atoms with Gasteiger partial charge in [-0.2, -0.15) is 0 Å². The van der Waals surface area contributed by atoms with E-state index in [-0.39, 0.29) is 17.2 Å². The zero-order valence-electron chi connectivity index (χ0n) is 18.7. The second-order valence-corrected chi connectivity index (χ2v) is 8.81. The van der Waals surface area contributed by atoms with Gasteiger partial charge in [-0.3, -0.25) is 4.79 Å². The summed E-state index contributed by atoms with van der Waals surface area (Å²) >= 11 is 0. The van der Waals surface area contributed by atoms with Crippen molar-refractivity contribution in [2.45, 2.75) is 25.2 Å². The van der Waals surface area contributed by atoms with Gasteiger partial charge >= 0.3 is 0 Å². The topological polar surface area (TPSA) is 29.1 Å². The van der Waals surface area contributed by atoms with Crippen LogP contribution in [0.5, 0.6) is 0 Å². The van der Waals surface area contributed by atoms with E-state index in [9.17, 15) is 4.79 Å². The minimum atomic E-state index is -0.183. The number of carbonyl (C=O) groups excluding carboxylic acids is 1. The predicted molar refractivity (Wildman–Crippen MR) is 132 cm³/mol. The molecule has 160 valence electrons.